The van der Waals surface area contributed by atoms with Crippen molar-refractivity contribution in [3.63, 3.8) is 0 Å². The molecule has 0 aliphatic carbocycles. The Bertz CT molecular complexity index is 2760. The van der Waals surface area contributed by atoms with Crippen LogP contribution in [0, 0.1) is 12.1 Å². The molecular weight excluding hydrogens is 868 g/mol. The third kappa shape index (κ3) is 6.11. The van der Waals surface area contributed by atoms with E-state index in [9.17, 15) is 0 Å². The van der Waals surface area contributed by atoms with E-state index in [1.807, 2.05) is 6.20 Å². The largest absolute Gasteiger partial charge is 0.319 e. The van der Waals surface area contributed by atoms with Gasteiger partial charge >= 0.3 is 0 Å². The van der Waals surface area contributed by atoms with Crippen molar-refractivity contribution >= 4 is 61.7 Å². The van der Waals surface area contributed by atoms with Gasteiger partial charge in [0.15, 0.2) is 17.4 Å². The number of rotatable bonds is 7. The van der Waals surface area contributed by atoms with E-state index in [-0.39, 0.29) is 26.6 Å². The minimum Gasteiger partial charge on any atom is -0.319 e. The summed E-state index contributed by atoms with van der Waals surface area (Å²) >= 11 is 0. The maximum Gasteiger partial charge on any atom is 0.188 e. The number of para-hydroxylation sites is 3. The van der Waals surface area contributed by atoms with Gasteiger partial charge in [0.05, 0.1) is 5.54 Å². The number of nitrogens with zero attached hydrogens (tertiary/aromatic N) is 4. The quantitative estimate of drug-likeness (QED) is 0.0892. The van der Waals surface area contributed by atoms with Crippen molar-refractivity contribution in [1.29, 1.82) is 0 Å². The molecule has 0 radical (unpaired) electrons. The van der Waals surface area contributed by atoms with E-state index in [0.717, 1.165) is 28.1 Å². The summed E-state index contributed by atoms with van der Waals surface area (Å²) in [7, 11) is -3.05. The molecule has 0 bridgehead atoms. The second kappa shape index (κ2) is 14.4. The fraction of sp³-hybridized carbons (Fsp3) is 0.143. The van der Waals surface area contributed by atoms with E-state index >= 15 is 0 Å². The number of fused-ring (bicyclic) bond motifs is 4. The molecule has 0 N–H and O–H groups in total. The molecule has 55 heavy (non-hydrogen) atoms. The average Bonchev–Trinajstić information content (AvgIpc) is 3.76. The molecule has 0 aliphatic rings. The molecule has 3 aromatic heterocycles. The normalized spacial score (nSPS) is 12.1. The van der Waals surface area contributed by atoms with E-state index < -0.39 is 8.07 Å². The zero-order chi connectivity index (χ0) is 37.0. The standard InChI is InChI=1S/C49H43N4Si.Pt/c1-35(2)36-29-30-50-48(31-36)53-44-24-13-12-23-42(44)43-28-27-41(33-47(43)53)54(38-18-8-6-9-19-38,39-20-10-7-11-21-39)40-22-16-17-37(32-40)51-34-52(49(3,4)5)46-26-15-14-25-45(46)51;/h6-31,34-35H,1-5H3;/q-1;. The Morgan fingerprint density at radius 2 is 1.24 bits per heavy atom. The molecule has 0 amide bonds. The molecule has 0 saturated carbocycles. The Labute approximate surface area is 339 Å². The van der Waals surface area contributed by atoms with Crippen molar-refractivity contribution in [3.05, 3.63) is 182 Å². The number of benzene rings is 6. The van der Waals surface area contributed by atoms with Gasteiger partial charge in [-0.3, -0.25) is 0 Å². The van der Waals surface area contributed by atoms with Crippen molar-refractivity contribution in [2.24, 2.45) is 0 Å². The smallest absolute Gasteiger partial charge is 0.188 e. The molecule has 0 fully saturated rings. The summed E-state index contributed by atoms with van der Waals surface area (Å²) in [4.78, 5) is 4.96. The van der Waals surface area contributed by atoms with Crippen molar-refractivity contribution in [2.45, 2.75) is 46.1 Å². The monoisotopic (exact) mass is 910 g/mol. The molecular formula is C49H43N4PtSi-. The summed E-state index contributed by atoms with van der Waals surface area (Å²) in [5.74, 6) is 1.29. The van der Waals surface area contributed by atoms with Crippen LogP contribution in [0.1, 0.15) is 46.1 Å². The minimum atomic E-state index is -3.05. The number of imidazole rings is 1. The van der Waals surface area contributed by atoms with Crippen molar-refractivity contribution < 1.29 is 21.1 Å². The van der Waals surface area contributed by atoms with Crippen LogP contribution in [-0.4, -0.2) is 26.8 Å². The van der Waals surface area contributed by atoms with Crippen LogP contribution >= 0.6 is 0 Å². The molecule has 6 heteroatoms. The summed E-state index contributed by atoms with van der Waals surface area (Å²) in [5.41, 5.74) is 6.69. The molecule has 9 aromatic rings. The van der Waals surface area contributed by atoms with Gasteiger partial charge in [0.1, 0.15) is 13.9 Å². The van der Waals surface area contributed by atoms with E-state index in [1.165, 1.54) is 42.6 Å². The van der Waals surface area contributed by atoms with Gasteiger partial charge in [-0.1, -0.05) is 98.2 Å². The molecule has 0 unspecified atom stereocenters. The van der Waals surface area contributed by atoms with Gasteiger partial charge < -0.3 is 4.57 Å². The molecule has 6 aromatic carbocycles. The van der Waals surface area contributed by atoms with Gasteiger partial charge in [0.25, 0.3) is 0 Å². The number of hydrogen-bond acceptors (Lipinski definition) is 1. The van der Waals surface area contributed by atoms with Crippen LogP contribution in [0.2, 0.25) is 0 Å². The van der Waals surface area contributed by atoms with E-state index in [4.69, 9.17) is 4.98 Å². The SMILES string of the molecule is CC(C)c1ccnc(-n2c3[c-]c([Si](c4[c-]c(-n5[cH+]n(C(C)(C)C)c6ccccc65)ccc4)(c4ccccc4)c4ccccc4)ccc3c3ccccc32)c1.[Pt]. The summed E-state index contributed by atoms with van der Waals surface area (Å²) < 4.78 is 6.98. The van der Waals surface area contributed by atoms with Gasteiger partial charge in [-0.15, -0.1) is 22.7 Å². The Morgan fingerprint density at radius 3 is 1.91 bits per heavy atom. The molecule has 4 nitrogen and oxygen atoms in total. The third-order valence-electron chi connectivity index (χ3n) is 10.9. The maximum atomic E-state index is 4.96. The van der Waals surface area contributed by atoms with Gasteiger partial charge in [-0.2, -0.15) is 35.5 Å². The first-order valence-electron chi connectivity index (χ1n) is 18.8. The zero-order valence-corrected chi connectivity index (χ0v) is 35.0. The molecule has 0 atom stereocenters. The zero-order valence-electron chi connectivity index (χ0n) is 31.8. The van der Waals surface area contributed by atoms with Crippen LogP contribution in [0.25, 0.3) is 44.3 Å². The van der Waals surface area contributed by atoms with Crippen LogP contribution in [-0.2, 0) is 26.6 Å². The second-order valence-corrected chi connectivity index (χ2v) is 19.3. The van der Waals surface area contributed by atoms with Crippen LogP contribution in [0.5, 0.6) is 0 Å². The average molecular weight is 911 g/mol. The topological polar surface area (TPSA) is 27.7 Å². The third-order valence-corrected chi connectivity index (χ3v) is 15.5. The molecule has 3 heterocycles. The van der Waals surface area contributed by atoms with E-state index in [1.54, 1.807) is 0 Å². The Morgan fingerprint density at radius 1 is 0.618 bits per heavy atom. The predicted octanol–water partition coefficient (Wildman–Crippen LogP) is 9.06. The summed E-state index contributed by atoms with van der Waals surface area (Å²) in [6, 6.07) is 63.4. The molecule has 0 spiro atoms. The summed E-state index contributed by atoms with van der Waals surface area (Å²) in [6.45, 7) is 11.2. The van der Waals surface area contributed by atoms with E-state index in [2.05, 4.69) is 218 Å². The Hall–Kier alpha value is -5.35. The van der Waals surface area contributed by atoms with Gasteiger partial charge in [-0.25, -0.2) is 14.1 Å². The maximum absolute atomic E-state index is 4.96. The fourth-order valence-electron chi connectivity index (χ4n) is 8.23. The molecule has 0 saturated heterocycles. The van der Waals surface area contributed by atoms with Crippen LogP contribution < -0.4 is 20.7 Å². The van der Waals surface area contributed by atoms with Gasteiger partial charge in [0.2, 0.25) is 0 Å². The fourth-order valence-corrected chi connectivity index (χ4v) is 12.8. The Kier molecular flexibility index (Phi) is 9.57. The first-order chi connectivity index (χ1) is 26.2. The first kappa shape index (κ1) is 36.6. The predicted molar refractivity (Wildman–Crippen MR) is 228 cm³/mol. The van der Waals surface area contributed by atoms with Gasteiger partial charge in [0, 0.05) is 50.6 Å². The van der Waals surface area contributed by atoms with Crippen molar-refractivity contribution in [1.82, 2.24) is 18.7 Å². The van der Waals surface area contributed by atoms with Crippen molar-refractivity contribution in [3.8, 4) is 11.5 Å². The Balaban J connectivity index is 0.00000427. The number of pyridine rings is 1. The molecule has 0 aliphatic heterocycles. The van der Waals surface area contributed by atoms with Crippen LogP contribution in [0.3, 0.4) is 0 Å². The number of aromatic nitrogens is 4. The van der Waals surface area contributed by atoms with Crippen molar-refractivity contribution in [2.75, 3.05) is 0 Å². The molecule has 9 rings (SSSR count). The minimum absolute atomic E-state index is 0. The summed E-state index contributed by atoms with van der Waals surface area (Å²) in [6.07, 6.45) is 4.18. The van der Waals surface area contributed by atoms with Crippen LogP contribution in [0.15, 0.2) is 164 Å². The van der Waals surface area contributed by atoms with Gasteiger partial charge in [-0.05, 0) is 78.3 Å². The molecule has 274 valence electrons. The first-order valence-corrected chi connectivity index (χ1v) is 20.8. The number of hydrogen-bond donors (Lipinski definition) is 0. The van der Waals surface area contributed by atoms with E-state index in [0.29, 0.717) is 5.92 Å². The summed E-state index contributed by atoms with van der Waals surface area (Å²) in [5, 5.41) is 7.27. The second-order valence-electron chi connectivity index (χ2n) is 15.5. The van der Waals surface area contributed by atoms with Crippen LogP contribution in [0.4, 0.5) is 0 Å².